The van der Waals surface area contributed by atoms with Gasteiger partial charge in [-0.05, 0) is 48.2 Å². The summed E-state index contributed by atoms with van der Waals surface area (Å²) >= 11 is 0. The molecule has 3 aliphatic heterocycles. The highest BCUT2D eigenvalue weighted by atomic mass is 16.5. The quantitative estimate of drug-likeness (QED) is 0.551. The molecular weight excluding hydrogens is 444 g/mol. The van der Waals surface area contributed by atoms with Crippen LogP contribution in [0, 0.1) is 0 Å². The fourth-order valence-corrected chi connectivity index (χ4v) is 5.46. The van der Waals surface area contributed by atoms with Gasteiger partial charge in [0.05, 0.1) is 11.6 Å². The van der Waals surface area contributed by atoms with Crippen molar-refractivity contribution in [1.82, 2.24) is 20.1 Å². The van der Waals surface area contributed by atoms with Gasteiger partial charge < -0.3 is 9.84 Å². The number of piperidine rings is 1. The Morgan fingerprint density at radius 1 is 1.11 bits per heavy atom. The molecule has 0 spiro atoms. The number of aromatic nitrogens is 1. The summed E-state index contributed by atoms with van der Waals surface area (Å²) in [6.07, 6.45) is 2.78. The maximum absolute atomic E-state index is 12.3. The lowest BCUT2D eigenvalue weighted by Crippen LogP contribution is -2.51. The van der Waals surface area contributed by atoms with E-state index in [9.17, 15) is 14.7 Å². The van der Waals surface area contributed by atoms with E-state index in [0.717, 1.165) is 53.8 Å². The Balaban J connectivity index is 1.08. The number of carbonyl (C=O) groups is 2. The zero-order valence-corrected chi connectivity index (χ0v) is 19.4. The van der Waals surface area contributed by atoms with E-state index < -0.39 is 12.3 Å². The van der Waals surface area contributed by atoms with Gasteiger partial charge in [0.15, 0.2) is 0 Å². The Kier molecular flexibility index (Phi) is 5.72. The van der Waals surface area contributed by atoms with E-state index in [0.29, 0.717) is 13.0 Å². The lowest BCUT2D eigenvalue weighted by atomic mass is 10.0. The van der Waals surface area contributed by atoms with Crippen LogP contribution in [0.15, 0.2) is 54.7 Å². The average Bonchev–Trinajstić information content (AvgIpc) is 3.43. The third-order valence-corrected chi connectivity index (χ3v) is 7.26. The van der Waals surface area contributed by atoms with Crippen LogP contribution in [-0.2, 0) is 22.7 Å². The number of benzene rings is 2. The van der Waals surface area contributed by atoms with Crippen LogP contribution in [0.4, 0.5) is 0 Å². The van der Waals surface area contributed by atoms with Crippen molar-refractivity contribution in [3.63, 3.8) is 0 Å². The molecule has 1 aromatic heterocycles. The predicted octanol–water partition coefficient (Wildman–Crippen LogP) is 2.50. The maximum Gasteiger partial charge on any atom is 0.244 e. The number of ether oxygens (including phenoxy) is 1. The smallest absolute Gasteiger partial charge is 0.244 e. The average molecular weight is 473 g/mol. The molecule has 0 aliphatic carbocycles. The molecule has 2 unspecified atom stereocenters. The lowest BCUT2D eigenvalue weighted by molar-refractivity contribution is -0.141. The highest BCUT2D eigenvalue weighted by Gasteiger charge is 2.40. The molecule has 6 rings (SSSR count). The first-order valence-electron chi connectivity index (χ1n) is 12.2. The fraction of sp³-hybridized carbons (Fsp3) is 0.370. The number of rotatable bonds is 5. The van der Waals surface area contributed by atoms with Crippen LogP contribution in [0.2, 0.25) is 0 Å². The van der Waals surface area contributed by atoms with Crippen molar-refractivity contribution in [3.05, 3.63) is 71.4 Å². The Bertz CT molecular complexity index is 1300. The van der Waals surface area contributed by atoms with E-state index in [2.05, 4.69) is 27.3 Å². The number of hydrogen-bond donors (Lipinski definition) is 2. The zero-order chi connectivity index (χ0) is 23.9. The van der Waals surface area contributed by atoms with E-state index in [-0.39, 0.29) is 24.3 Å². The van der Waals surface area contributed by atoms with Gasteiger partial charge in [0.2, 0.25) is 11.8 Å². The second-order valence-electron chi connectivity index (χ2n) is 9.67. The van der Waals surface area contributed by atoms with E-state index >= 15 is 0 Å². The van der Waals surface area contributed by atoms with Gasteiger partial charge in [0.1, 0.15) is 18.1 Å². The Morgan fingerprint density at radius 2 is 2.00 bits per heavy atom. The lowest BCUT2D eigenvalue weighted by Gasteiger charge is -2.31. The number of likely N-dealkylation sites (tertiary alicyclic amines) is 1. The van der Waals surface area contributed by atoms with Crippen molar-refractivity contribution in [3.8, 4) is 5.75 Å². The van der Waals surface area contributed by atoms with Gasteiger partial charge in [-0.15, -0.1) is 0 Å². The minimum Gasteiger partial charge on any atom is -0.489 e. The highest BCUT2D eigenvalue weighted by molar-refractivity contribution is 6.00. The van der Waals surface area contributed by atoms with Crippen molar-refractivity contribution >= 4 is 22.7 Å². The van der Waals surface area contributed by atoms with Crippen LogP contribution in [0.25, 0.3) is 10.9 Å². The molecule has 3 aromatic rings. The second kappa shape index (κ2) is 9.03. The normalized spacial score (nSPS) is 25.1. The van der Waals surface area contributed by atoms with Crippen molar-refractivity contribution in [2.24, 2.45) is 0 Å². The summed E-state index contributed by atoms with van der Waals surface area (Å²) in [5, 5.41) is 14.5. The molecule has 0 radical (unpaired) electrons. The standard InChI is InChI=1S/C27H28N4O4/c32-25-8-7-24(26(33)29-25)31-15-19-5-6-20(12-22(19)27(31)34)35-21-9-10-30(16-21)14-17-11-18-3-1-2-4-23(18)28-13-17/h1-6,11-13,21,24,27,34H,7-10,14-16H2,(H,29,32,33)/t21-,24?,27?/m1/s1. The molecule has 2 saturated heterocycles. The maximum atomic E-state index is 12.3. The SMILES string of the molecule is O=C1CCC(N2Cc3ccc(O[C@@H]4CCN(Cc5cnc6ccccc6c5)C4)cc3C2O)C(=O)N1. The monoisotopic (exact) mass is 472 g/mol. The molecule has 2 amide bonds. The van der Waals surface area contributed by atoms with Crippen molar-refractivity contribution < 1.29 is 19.4 Å². The number of amides is 2. The van der Waals surface area contributed by atoms with E-state index in [1.807, 2.05) is 42.6 Å². The van der Waals surface area contributed by atoms with Gasteiger partial charge >= 0.3 is 0 Å². The van der Waals surface area contributed by atoms with Gasteiger partial charge in [-0.2, -0.15) is 0 Å². The van der Waals surface area contributed by atoms with E-state index in [1.54, 1.807) is 4.90 Å². The van der Waals surface area contributed by atoms with Crippen molar-refractivity contribution in [2.45, 2.75) is 50.7 Å². The molecule has 0 saturated carbocycles. The Labute approximate surface area is 203 Å². The summed E-state index contributed by atoms with van der Waals surface area (Å²) in [5.41, 5.74) is 3.95. The molecule has 4 heterocycles. The number of carbonyl (C=O) groups excluding carboxylic acids is 2. The molecule has 2 fully saturated rings. The van der Waals surface area contributed by atoms with Gasteiger partial charge in [0.25, 0.3) is 0 Å². The number of nitrogens with one attached hydrogen (secondary N) is 1. The summed E-state index contributed by atoms with van der Waals surface area (Å²) in [5.74, 6) is 0.139. The zero-order valence-electron chi connectivity index (χ0n) is 19.4. The summed E-state index contributed by atoms with van der Waals surface area (Å²) < 4.78 is 6.29. The van der Waals surface area contributed by atoms with Crippen LogP contribution in [0.5, 0.6) is 5.75 Å². The van der Waals surface area contributed by atoms with Gasteiger partial charge in [-0.1, -0.05) is 24.3 Å². The summed E-state index contributed by atoms with van der Waals surface area (Å²) in [7, 11) is 0. The number of hydrogen-bond acceptors (Lipinski definition) is 7. The van der Waals surface area contributed by atoms with Crippen LogP contribution < -0.4 is 10.1 Å². The molecule has 3 aliphatic rings. The second-order valence-corrected chi connectivity index (χ2v) is 9.67. The number of para-hydroxylation sites is 1. The van der Waals surface area contributed by atoms with Gasteiger partial charge in [0, 0.05) is 49.7 Å². The van der Waals surface area contributed by atoms with Crippen LogP contribution in [-0.4, -0.2) is 56.9 Å². The molecule has 0 bridgehead atoms. The van der Waals surface area contributed by atoms with Gasteiger partial charge in [-0.3, -0.25) is 29.7 Å². The molecule has 8 nitrogen and oxygen atoms in total. The number of imide groups is 1. The van der Waals surface area contributed by atoms with Crippen LogP contribution in [0.1, 0.15) is 42.2 Å². The first-order valence-corrected chi connectivity index (χ1v) is 12.2. The molecule has 35 heavy (non-hydrogen) atoms. The van der Waals surface area contributed by atoms with Crippen LogP contribution in [0.3, 0.4) is 0 Å². The number of nitrogens with zero attached hydrogens (tertiary/aromatic N) is 3. The first kappa shape index (κ1) is 22.2. The van der Waals surface area contributed by atoms with Crippen molar-refractivity contribution in [1.29, 1.82) is 0 Å². The number of aliphatic hydroxyl groups excluding tert-OH is 1. The number of fused-ring (bicyclic) bond motifs is 2. The van der Waals surface area contributed by atoms with Crippen molar-refractivity contribution in [2.75, 3.05) is 13.1 Å². The van der Waals surface area contributed by atoms with E-state index in [1.165, 1.54) is 5.56 Å². The third kappa shape index (κ3) is 4.40. The highest BCUT2D eigenvalue weighted by Crippen LogP contribution is 2.37. The summed E-state index contributed by atoms with van der Waals surface area (Å²) in [6, 6.07) is 15.6. The Morgan fingerprint density at radius 3 is 2.89 bits per heavy atom. The molecule has 2 N–H and O–H groups in total. The van der Waals surface area contributed by atoms with Gasteiger partial charge in [-0.25, -0.2) is 0 Å². The fourth-order valence-electron chi connectivity index (χ4n) is 5.46. The predicted molar refractivity (Wildman–Crippen MR) is 129 cm³/mol. The summed E-state index contributed by atoms with van der Waals surface area (Å²) in [4.78, 5) is 32.5. The molecule has 8 heteroatoms. The minimum absolute atomic E-state index is 0.0752. The molecule has 2 aromatic carbocycles. The number of pyridine rings is 1. The number of aliphatic hydroxyl groups is 1. The first-order chi connectivity index (χ1) is 17.0. The third-order valence-electron chi connectivity index (χ3n) is 7.26. The van der Waals surface area contributed by atoms with E-state index in [4.69, 9.17) is 4.74 Å². The molecular formula is C27H28N4O4. The molecule has 180 valence electrons. The molecule has 3 atom stereocenters. The van der Waals surface area contributed by atoms with Crippen LogP contribution >= 0.6 is 0 Å². The minimum atomic E-state index is -0.891. The largest absolute Gasteiger partial charge is 0.489 e. The topological polar surface area (TPSA) is 95.0 Å². The summed E-state index contributed by atoms with van der Waals surface area (Å²) in [6.45, 7) is 3.09. The Hall–Kier alpha value is -3.33.